The molecule has 88 valence electrons. The highest BCUT2D eigenvalue weighted by atomic mass is 79.9. The van der Waals surface area contributed by atoms with Crippen molar-refractivity contribution < 1.29 is 4.79 Å². The lowest BCUT2D eigenvalue weighted by atomic mass is 10.0. The van der Waals surface area contributed by atoms with Crippen LogP contribution in [0.5, 0.6) is 0 Å². The van der Waals surface area contributed by atoms with E-state index in [9.17, 15) is 4.79 Å². The van der Waals surface area contributed by atoms with Crippen molar-refractivity contribution in [3.8, 4) is 0 Å². The molecule has 0 atom stereocenters. The molecule has 2 rings (SSSR count). The van der Waals surface area contributed by atoms with Gasteiger partial charge in [-0.05, 0) is 60.0 Å². The Morgan fingerprint density at radius 3 is 2.41 bits per heavy atom. The Kier molecular flexibility index (Phi) is 3.50. The normalized spacial score (nSPS) is 10.6. The molecule has 0 N–H and O–H groups in total. The average Bonchev–Trinajstić information content (AvgIpc) is 2.62. The lowest BCUT2D eigenvalue weighted by molar-refractivity contribution is 0.104. The van der Waals surface area contributed by atoms with Crippen LogP contribution in [0.4, 0.5) is 0 Å². The molecule has 1 heterocycles. The maximum Gasteiger partial charge on any atom is 0.203 e. The Bertz CT molecular complexity index is 564. The lowest BCUT2D eigenvalue weighted by Gasteiger charge is -2.04. The molecule has 0 unspecified atom stereocenters. The summed E-state index contributed by atoms with van der Waals surface area (Å²) in [5.41, 5.74) is 4.07. The Morgan fingerprint density at radius 1 is 1.12 bits per heavy atom. The summed E-state index contributed by atoms with van der Waals surface area (Å²) in [5.74, 6) is 0.116. The van der Waals surface area contributed by atoms with Crippen LogP contribution in [0.25, 0.3) is 0 Å². The Hall–Kier alpha value is -0.930. The van der Waals surface area contributed by atoms with E-state index in [1.54, 1.807) is 0 Å². The summed E-state index contributed by atoms with van der Waals surface area (Å²) in [4.78, 5) is 13.2. The molecule has 2 aromatic rings. The molecular weight excluding hydrogens is 296 g/mol. The van der Waals surface area contributed by atoms with Gasteiger partial charge in [-0.25, -0.2) is 0 Å². The van der Waals surface area contributed by atoms with Crippen LogP contribution in [0.2, 0.25) is 0 Å². The first kappa shape index (κ1) is 12.5. The smallest absolute Gasteiger partial charge is 0.203 e. The minimum absolute atomic E-state index is 0.116. The van der Waals surface area contributed by atoms with Crippen LogP contribution in [0, 0.1) is 20.8 Å². The van der Waals surface area contributed by atoms with Gasteiger partial charge in [0.05, 0.1) is 8.66 Å². The fourth-order valence-corrected chi connectivity index (χ4v) is 3.17. The number of carbonyl (C=O) groups excluding carboxylic acids is 1. The quantitative estimate of drug-likeness (QED) is 0.737. The van der Waals surface area contributed by atoms with Gasteiger partial charge in [-0.1, -0.05) is 17.7 Å². The van der Waals surface area contributed by atoms with Crippen LogP contribution in [0.15, 0.2) is 28.1 Å². The van der Waals surface area contributed by atoms with Gasteiger partial charge in [-0.3, -0.25) is 4.79 Å². The number of thiophene rings is 1. The fourth-order valence-electron chi connectivity index (χ4n) is 1.68. The highest BCUT2D eigenvalue weighted by molar-refractivity contribution is 9.11. The Morgan fingerprint density at radius 2 is 1.82 bits per heavy atom. The van der Waals surface area contributed by atoms with E-state index < -0.39 is 0 Å². The molecule has 0 bridgehead atoms. The van der Waals surface area contributed by atoms with Gasteiger partial charge in [-0.2, -0.15) is 0 Å². The summed E-state index contributed by atoms with van der Waals surface area (Å²) in [6.07, 6.45) is 0. The van der Waals surface area contributed by atoms with Crippen molar-refractivity contribution in [1.82, 2.24) is 0 Å². The van der Waals surface area contributed by atoms with Crippen LogP contribution in [0.1, 0.15) is 31.9 Å². The maximum absolute atomic E-state index is 12.4. The molecule has 1 aromatic heterocycles. The number of ketones is 1. The first-order valence-corrected chi connectivity index (χ1v) is 6.98. The van der Waals surface area contributed by atoms with E-state index in [0.29, 0.717) is 0 Å². The summed E-state index contributed by atoms with van der Waals surface area (Å²) >= 11 is 4.96. The molecule has 0 radical (unpaired) electrons. The third-order valence-electron chi connectivity index (χ3n) is 2.72. The van der Waals surface area contributed by atoms with Crippen molar-refractivity contribution in [2.24, 2.45) is 0 Å². The van der Waals surface area contributed by atoms with Crippen LogP contribution < -0.4 is 0 Å². The zero-order chi connectivity index (χ0) is 12.6. The van der Waals surface area contributed by atoms with E-state index in [0.717, 1.165) is 30.9 Å². The maximum atomic E-state index is 12.4. The molecule has 0 saturated carbocycles. The second kappa shape index (κ2) is 4.75. The molecular formula is C14H13BrOS. The van der Waals surface area contributed by atoms with Crippen LogP contribution in [-0.4, -0.2) is 5.78 Å². The minimum atomic E-state index is 0.116. The average molecular weight is 309 g/mol. The molecule has 1 nitrogen and oxygen atoms in total. The van der Waals surface area contributed by atoms with Gasteiger partial charge in [-0.15, -0.1) is 11.3 Å². The summed E-state index contributed by atoms with van der Waals surface area (Å²) in [5, 5.41) is 0. The first-order chi connectivity index (χ1) is 7.99. The van der Waals surface area contributed by atoms with Gasteiger partial charge in [0.15, 0.2) is 0 Å². The van der Waals surface area contributed by atoms with Crippen LogP contribution in [-0.2, 0) is 0 Å². The summed E-state index contributed by atoms with van der Waals surface area (Å²) < 4.78 is 1.03. The molecule has 17 heavy (non-hydrogen) atoms. The van der Waals surface area contributed by atoms with Gasteiger partial charge in [0.1, 0.15) is 0 Å². The number of aryl methyl sites for hydroxylation is 3. The molecule has 0 fully saturated rings. The summed E-state index contributed by atoms with van der Waals surface area (Å²) in [6.45, 7) is 5.98. The number of rotatable bonds is 2. The van der Waals surface area contributed by atoms with Gasteiger partial charge in [0.25, 0.3) is 0 Å². The second-order valence-electron chi connectivity index (χ2n) is 4.21. The van der Waals surface area contributed by atoms with Gasteiger partial charge in [0.2, 0.25) is 5.78 Å². The van der Waals surface area contributed by atoms with E-state index in [2.05, 4.69) is 15.9 Å². The number of carbonyl (C=O) groups is 1. The van der Waals surface area contributed by atoms with Crippen LogP contribution >= 0.6 is 27.3 Å². The fraction of sp³-hybridized carbons (Fsp3) is 0.214. The van der Waals surface area contributed by atoms with E-state index in [4.69, 9.17) is 0 Å². The van der Waals surface area contributed by atoms with Gasteiger partial charge in [0, 0.05) is 5.56 Å². The van der Waals surface area contributed by atoms with Crippen molar-refractivity contribution in [2.45, 2.75) is 20.8 Å². The van der Waals surface area contributed by atoms with Gasteiger partial charge >= 0.3 is 0 Å². The second-order valence-corrected chi connectivity index (χ2v) is 6.58. The zero-order valence-corrected chi connectivity index (χ0v) is 12.4. The van der Waals surface area contributed by atoms with Crippen molar-refractivity contribution >= 4 is 33.0 Å². The van der Waals surface area contributed by atoms with Crippen molar-refractivity contribution in [3.63, 3.8) is 0 Å². The minimum Gasteiger partial charge on any atom is -0.288 e. The standard InChI is InChI=1S/C14H13BrOS/c1-8-4-5-9(2)11(6-8)13(16)12-7-10(3)14(15)17-12/h4-7H,1-3H3. The Labute approximate surface area is 114 Å². The third-order valence-corrected chi connectivity index (χ3v) is 4.85. The topological polar surface area (TPSA) is 17.1 Å². The van der Waals surface area contributed by atoms with Gasteiger partial charge < -0.3 is 0 Å². The molecule has 0 aliphatic heterocycles. The third kappa shape index (κ3) is 2.50. The van der Waals surface area contributed by atoms with Crippen molar-refractivity contribution in [2.75, 3.05) is 0 Å². The number of halogens is 1. The van der Waals surface area contributed by atoms with E-state index >= 15 is 0 Å². The molecule has 3 heteroatoms. The highest BCUT2D eigenvalue weighted by Gasteiger charge is 2.15. The SMILES string of the molecule is Cc1ccc(C)c(C(=O)c2cc(C)c(Br)s2)c1. The summed E-state index contributed by atoms with van der Waals surface area (Å²) in [6, 6.07) is 7.93. The van der Waals surface area contributed by atoms with E-state index in [1.807, 2.05) is 45.0 Å². The zero-order valence-electron chi connectivity index (χ0n) is 10.0. The predicted octanol–water partition coefficient (Wildman–Crippen LogP) is 4.67. The van der Waals surface area contributed by atoms with Crippen molar-refractivity contribution in [1.29, 1.82) is 0 Å². The highest BCUT2D eigenvalue weighted by Crippen LogP contribution is 2.29. The molecule has 0 spiro atoms. The first-order valence-electron chi connectivity index (χ1n) is 5.37. The van der Waals surface area contributed by atoms with Crippen LogP contribution in [0.3, 0.4) is 0 Å². The monoisotopic (exact) mass is 308 g/mol. The predicted molar refractivity (Wildman–Crippen MR) is 76.1 cm³/mol. The molecule has 1 aromatic carbocycles. The molecule has 0 aliphatic rings. The largest absolute Gasteiger partial charge is 0.288 e. The van der Waals surface area contributed by atoms with E-state index in [1.165, 1.54) is 11.3 Å². The van der Waals surface area contributed by atoms with E-state index in [-0.39, 0.29) is 5.78 Å². The molecule has 0 saturated heterocycles. The lowest BCUT2D eigenvalue weighted by Crippen LogP contribution is -2.01. The number of hydrogen-bond acceptors (Lipinski definition) is 2. The molecule has 0 amide bonds. The summed E-state index contributed by atoms with van der Waals surface area (Å²) in [7, 11) is 0. The number of benzene rings is 1. The number of hydrogen-bond donors (Lipinski definition) is 0. The van der Waals surface area contributed by atoms with Crippen molar-refractivity contribution in [3.05, 3.63) is 55.2 Å². The Balaban J connectivity index is 2.47. The molecule has 0 aliphatic carbocycles.